The fourth-order valence-corrected chi connectivity index (χ4v) is 3.25. The molecule has 3 rings (SSSR count). The van der Waals surface area contributed by atoms with Crippen LogP contribution in [-0.2, 0) is 10.0 Å². The van der Waals surface area contributed by atoms with Crippen LogP contribution in [0.1, 0.15) is 15.9 Å². The van der Waals surface area contributed by atoms with Crippen molar-refractivity contribution in [3.8, 4) is 0 Å². The molecule has 0 radical (unpaired) electrons. The van der Waals surface area contributed by atoms with Crippen LogP contribution in [-0.4, -0.2) is 37.6 Å². The quantitative estimate of drug-likeness (QED) is 0.511. The molecule has 0 bridgehead atoms. The normalized spacial score (nSPS) is 11.1. The third kappa shape index (κ3) is 5.07. The van der Waals surface area contributed by atoms with E-state index in [0.29, 0.717) is 11.4 Å². The first-order valence-corrected chi connectivity index (χ1v) is 10.9. The predicted molar refractivity (Wildman–Crippen MR) is 118 cm³/mol. The van der Waals surface area contributed by atoms with Crippen molar-refractivity contribution in [1.29, 1.82) is 0 Å². The molecule has 1 amide bonds. The molecule has 0 fully saturated rings. The van der Waals surface area contributed by atoms with Crippen LogP contribution in [0.2, 0.25) is 0 Å². The van der Waals surface area contributed by atoms with Gasteiger partial charge in [-0.25, -0.2) is 17.8 Å². The summed E-state index contributed by atoms with van der Waals surface area (Å²) in [7, 11) is -2.14. The molecule has 3 aromatic rings. The maximum atomic E-state index is 14.1. The van der Waals surface area contributed by atoms with E-state index >= 15 is 0 Å². The number of carbonyl (C=O) groups is 1. The average molecular weight is 444 g/mol. The summed E-state index contributed by atoms with van der Waals surface area (Å²) in [6, 6.07) is 11.1. The average Bonchev–Trinajstić information content (AvgIpc) is 2.70. The summed E-state index contributed by atoms with van der Waals surface area (Å²) in [5.41, 5.74) is 7.10. The van der Waals surface area contributed by atoms with Crippen LogP contribution in [0, 0.1) is 12.7 Å². The highest BCUT2D eigenvalue weighted by Crippen LogP contribution is 2.30. The van der Waals surface area contributed by atoms with Gasteiger partial charge in [0.15, 0.2) is 0 Å². The summed E-state index contributed by atoms with van der Waals surface area (Å²) in [4.78, 5) is 20.2. The second kappa shape index (κ2) is 8.56. The molecule has 0 aliphatic carbocycles. The smallest absolute Gasteiger partial charge is 0.254 e. The molecule has 0 saturated heterocycles. The zero-order chi connectivity index (χ0) is 22.8. The van der Waals surface area contributed by atoms with Crippen LogP contribution in [0.15, 0.2) is 48.7 Å². The van der Waals surface area contributed by atoms with Crippen molar-refractivity contribution in [2.75, 3.05) is 28.2 Å². The van der Waals surface area contributed by atoms with Gasteiger partial charge in [0.2, 0.25) is 16.0 Å². The molecule has 162 valence electrons. The number of nitrogens with two attached hydrogens (primary N) is 1. The van der Waals surface area contributed by atoms with Gasteiger partial charge in [-0.1, -0.05) is 18.2 Å². The van der Waals surface area contributed by atoms with Crippen LogP contribution in [0.3, 0.4) is 0 Å². The number of hydrogen-bond acceptors (Lipinski definition) is 7. The zero-order valence-electron chi connectivity index (χ0n) is 17.0. The van der Waals surface area contributed by atoms with Gasteiger partial charge >= 0.3 is 0 Å². The first kappa shape index (κ1) is 22.0. The molecule has 0 spiro atoms. The van der Waals surface area contributed by atoms with Crippen molar-refractivity contribution >= 4 is 44.8 Å². The summed E-state index contributed by atoms with van der Waals surface area (Å²) in [6.45, 7) is 1.81. The van der Waals surface area contributed by atoms with Crippen LogP contribution >= 0.6 is 0 Å². The van der Waals surface area contributed by atoms with E-state index in [9.17, 15) is 17.6 Å². The highest BCUT2D eigenvalue weighted by Gasteiger charge is 2.19. The predicted octanol–water partition coefficient (Wildman–Crippen LogP) is 2.91. The summed E-state index contributed by atoms with van der Waals surface area (Å²) in [6.07, 6.45) is 2.28. The molecule has 0 unspecified atom stereocenters. The Hall–Kier alpha value is -3.73. The van der Waals surface area contributed by atoms with Crippen molar-refractivity contribution in [2.24, 2.45) is 5.73 Å². The lowest BCUT2D eigenvalue weighted by atomic mass is 10.2. The third-order valence-corrected chi connectivity index (χ3v) is 5.61. The summed E-state index contributed by atoms with van der Waals surface area (Å²) in [5, 5.41) is 5.71. The number of nitrogens with zero attached hydrogens (tertiary/aromatic N) is 3. The van der Waals surface area contributed by atoms with E-state index in [1.807, 2.05) is 6.92 Å². The molecule has 0 aliphatic heterocycles. The van der Waals surface area contributed by atoms with Gasteiger partial charge in [-0.2, -0.15) is 4.98 Å². The number of carbonyl (C=O) groups excluding carboxylic acids is 1. The Morgan fingerprint density at radius 2 is 1.84 bits per heavy atom. The Morgan fingerprint density at radius 1 is 1.13 bits per heavy atom. The number of primary amides is 1. The lowest BCUT2D eigenvalue weighted by Crippen LogP contribution is -2.25. The number of rotatable bonds is 7. The molecule has 0 atom stereocenters. The van der Waals surface area contributed by atoms with E-state index in [-0.39, 0.29) is 23.0 Å². The van der Waals surface area contributed by atoms with Gasteiger partial charge in [0.05, 0.1) is 23.3 Å². The molecule has 11 heteroatoms. The summed E-state index contributed by atoms with van der Waals surface area (Å²) < 4.78 is 39.1. The van der Waals surface area contributed by atoms with Gasteiger partial charge in [0.1, 0.15) is 17.2 Å². The Kier molecular flexibility index (Phi) is 6.07. The number of aromatic nitrogens is 2. The number of para-hydroxylation sites is 2. The first-order chi connectivity index (χ1) is 14.6. The monoisotopic (exact) mass is 444 g/mol. The fourth-order valence-electron chi connectivity index (χ4n) is 2.73. The lowest BCUT2D eigenvalue weighted by Gasteiger charge is -2.21. The van der Waals surface area contributed by atoms with Crippen molar-refractivity contribution in [2.45, 2.75) is 6.92 Å². The fraction of sp³-hybridized carbons (Fsp3) is 0.150. The number of amides is 1. The molecule has 0 aliphatic rings. The van der Waals surface area contributed by atoms with Gasteiger partial charge in [-0.15, -0.1) is 0 Å². The highest BCUT2D eigenvalue weighted by atomic mass is 32.2. The standard InChI is InChI=1S/C20H21FN6O3S/c1-12-8-9-14(21)16(10-12)25-20-23-11-13(18(22)28)19(26-20)24-15-6-4-5-7-17(15)27(2)31(3,29)30/h4-11H,1-3H3,(H2,22,28)(H2,23,24,25,26). The number of hydrogen-bond donors (Lipinski definition) is 3. The molecule has 31 heavy (non-hydrogen) atoms. The molecule has 0 saturated carbocycles. The highest BCUT2D eigenvalue weighted by molar-refractivity contribution is 7.92. The maximum Gasteiger partial charge on any atom is 0.254 e. The maximum absolute atomic E-state index is 14.1. The molecular formula is C20H21FN6O3S. The Bertz CT molecular complexity index is 1250. The van der Waals surface area contributed by atoms with E-state index in [1.54, 1.807) is 36.4 Å². The number of aryl methyl sites for hydroxylation is 1. The number of benzene rings is 2. The third-order valence-electron chi connectivity index (χ3n) is 4.42. The van der Waals surface area contributed by atoms with E-state index in [0.717, 1.165) is 16.1 Å². The first-order valence-electron chi connectivity index (χ1n) is 9.06. The van der Waals surface area contributed by atoms with Crippen LogP contribution in [0.5, 0.6) is 0 Å². The van der Waals surface area contributed by atoms with Gasteiger partial charge in [0.25, 0.3) is 5.91 Å². The molecular weight excluding hydrogens is 423 g/mol. The van der Waals surface area contributed by atoms with Crippen molar-refractivity contribution in [3.63, 3.8) is 0 Å². The lowest BCUT2D eigenvalue weighted by molar-refractivity contribution is 0.100. The second-order valence-corrected chi connectivity index (χ2v) is 8.81. The number of nitrogens with one attached hydrogen (secondary N) is 2. The molecule has 1 aromatic heterocycles. The van der Waals surface area contributed by atoms with Gasteiger partial charge in [-0.05, 0) is 36.8 Å². The number of sulfonamides is 1. The van der Waals surface area contributed by atoms with E-state index in [2.05, 4.69) is 20.6 Å². The van der Waals surface area contributed by atoms with E-state index in [4.69, 9.17) is 5.73 Å². The largest absolute Gasteiger partial charge is 0.365 e. The minimum Gasteiger partial charge on any atom is -0.365 e. The van der Waals surface area contributed by atoms with E-state index < -0.39 is 21.7 Å². The second-order valence-electron chi connectivity index (χ2n) is 6.80. The number of halogens is 1. The number of anilines is 5. The molecule has 4 N–H and O–H groups in total. The van der Waals surface area contributed by atoms with Gasteiger partial charge in [0, 0.05) is 13.2 Å². The van der Waals surface area contributed by atoms with Crippen molar-refractivity contribution in [1.82, 2.24) is 9.97 Å². The topological polar surface area (TPSA) is 130 Å². The minimum atomic E-state index is -3.54. The van der Waals surface area contributed by atoms with Gasteiger partial charge in [-0.3, -0.25) is 9.10 Å². The Morgan fingerprint density at radius 3 is 2.52 bits per heavy atom. The molecule has 2 aromatic carbocycles. The minimum absolute atomic E-state index is 0.0194. The Balaban J connectivity index is 2.02. The molecule has 1 heterocycles. The molecule has 9 nitrogen and oxygen atoms in total. The van der Waals surface area contributed by atoms with Gasteiger partial charge < -0.3 is 16.4 Å². The summed E-state index contributed by atoms with van der Waals surface area (Å²) in [5.74, 6) is -1.23. The van der Waals surface area contributed by atoms with Crippen LogP contribution in [0.25, 0.3) is 0 Å². The van der Waals surface area contributed by atoms with Crippen LogP contribution in [0.4, 0.5) is 33.2 Å². The van der Waals surface area contributed by atoms with Crippen LogP contribution < -0.4 is 20.7 Å². The van der Waals surface area contributed by atoms with Crippen molar-refractivity contribution < 1.29 is 17.6 Å². The zero-order valence-corrected chi connectivity index (χ0v) is 17.9. The van der Waals surface area contributed by atoms with Crippen molar-refractivity contribution in [3.05, 3.63) is 65.6 Å². The SMILES string of the molecule is Cc1ccc(F)c(Nc2ncc(C(N)=O)c(Nc3ccccc3N(C)S(C)(=O)=O)n2)c1. The summed E-state index contributed by atoms with van der Waals surface area (Å²) >= 11 is 0. The van der Waals surface area contributed by atoms with E-state index in [1.165, 1.54) is 19.3 Å². The Labute approximate surface area is 179 Å².